The maximum atomic E-state index is 10.3. The van der Waals surface area contributed by atoms with Crippen molar-refractivity contribution in [2.45, 2.75) is 32.8 Å². The summed E-state index contributed by atoms with van der Waals surface area (Å²) in [5, 5.41) is 20.0. The van der Waals surface area contributed by atoms with E-state index in [1.54, 1.807) is 32.9 Å². The Morgan fingerprint density at radius 2 is 1.75 bits per heavy atom. The summed E-state index contributed by atoms with van der Waals surface area (Å²) in [4.78, 5) is 0. The summed E-state index contributed by atoms with van der Waals surface area (Å²) in [6, 6.07) is 9.44. The van der Waals surface area contributed by atoms with Gasteiger partial charge in [0.2, 0.25) is 0 Å². The number of benzene rings is 1. The number of rotatable bonds is 3. The molecule has 0 saturated heterocycles. The Bertz CT molecular complexity index is 401. The Morgan fingerprint density at radius 1 is 1.25 bits per heavy atom. The maximum absolute atomic E-state index is 10.3. The number of halogens is 1. The Labute approximate surface area is 101 Å². The van der Waals surface area contributed by atoms with E-state index in [-0.39, 0.29) is 0 Å². The van der Waals surface area contributed by atoms with Crippen LogP contribution in [0.5, 0.6) is 0 Å². The van der Waals surface area contributed by atoms with Crippen LogP contribution in [0.4, 0.5) is 0 Å². The van der Waals surface area contributed by atoms with E-state index in [9.17, 15) is 5.11 Å². The Hall–Kier alpha value is -1.04. The lowest BCUT2D eigenvalue weighted by molar-refractivity contribution is -0.0207. The molecule has 1 unspecified atom stereocenters. The molecule has 0 saturated carbocycles. The van der Waals surface area contributed by atoms with Crippen molar-refractivity contribution in [3.63, 3.8) is 0 Å². The van der Waals surface area contributed by atoms with Crippen LogP contribution in [0.2, 0.25) is 5.02 Å². The quantitative estimate of drug-likeness (QED) is 0.878. The van der Waals surface area contributed by atoms with Crippen molar-refractivity contribution in [1.29, 1.82) is 5.26 Å². The molecule has 0 amide bonds. The Balaban J connectivity index is 2.89. The highest BCUT2D eigenvalue weighted by Crippen LogP contribution is 2.33. The number of nitrogens with zero attached hydrogens (tertiary/aromatic N) is 1. The van der Waals surface area contributed by atoms with Crippen LogP contribution in [0.15, 0.2) is 24.3 Å². The third-order valence-electron chi connectivity index (χ3n) is 3.09. The smallest absolute Gasteiger partial charge is 0.0840 e. The molecule has 0 aliphatic carbocycles. The van der Waals surface area contributed by atoms with Crippen LogP contribution >= 0.6 is 11.6 Å². The molecule has 0 heterocycles. The van der Waals surface area contributed by atoms with Gasteiger partial charge in [-0.2, -0.15) is 5.26 Å². The van der Waals surface area contributed by atoms with Gasteiger partial charge in [-0.1, -0.05) is 23.7 Å². The van der Waals surface area contributed by atoms with Crippen LogP contribution in [0.1, 0.15) is 26.3 Å². The van der Waals surface area contributed by atoms with Gasteiger partial charge in [0.1, 0.15) is 0 Å². The molecular weight excluding hydrogens is 222 g/mol. The maximum Gasteiger partial charge on any atom is 0.0840 e. The van der Waals surface area contributed by atoms with Crippen LogP contribution < -0.4 is 0 Å². The van der Waals surface area contributed by atoms with E-state index in [1.807, 2.05) is 12.1 Å². The third kappa shape index (κ3) is 2.75. The highest BCUT2D eigenvalue weighted by Gasteiger charge is 2.39. The van der Waals surface area contributed by atoms with Crippen molar-refractivity contribution >= 4 is 11.6 Å². The second-order valence-corrected chi connectivity index (χ2v) is 5.25. The molecule has 1 atom stereocenters. The monoisotopic (exact) mass is 237 g/mol. The summed E-state index contributed by atoms with van der Waals surface area (Å²) in [5.74, 6) is 0. The second-order valence-electron chi connectivity index (χ2n) is 4.81. The number of aliphatic hydroxyl groups is 1. The highest BCUT2D eigenvalue weighted by molar-refractivity contribution is 6.30. The van der Waals surface area contributed by atoms with Crippen molar-refractivity contribution in [2.24, 2.45) is 5.41 Å². The van der Waals surface area contributed by atoms with Gasteiger partial charge < -0.3 is 5.11 Å². The average Bonchev–Trinajstić information content (AvgIpc) is 2.21. The zero-order chi connectivity index (χ0) is 12.4. The molecule has 86 valence electrons. The summed E-state index contributed by atoms with van der Waals surface area (Å²) in [5.41, 5.74) is -0.875. The SMILES string of the molecule is CC(C)(C#N)C(C)(O)Cc1ccc(Cl)cc1. The topological polar surface area (TPSA) is 44.0 Å². The lowest BCUT2D eigenvalue weighted by Crippen LogP contribution is -2.42. The Kier molecular flexibility index (Phi) is 3.62. The van der Waals surface area contributed by atoms with Crippen LogP contribution in [-0.2, 0) is 6.42 Å². The minimum Gasteiger partial charge on any atom is -0.388 e. The van der Waals surface area contributed by atoms with E-state index in [0.29, 0.717) is 11.4 Å². The lowest BCUT2D eigenvalue weighted by Gasteiger charge is -2.34. The van der Waals surface area contributed by atoms with Crippen LogP contribution in [0.25, 0.3) is 0 Å². The first-order chi connectivity index (χ1) is 7.28. The van der Waals surface area contributed by atoms with E-state index < -0.39 is 11.0 Å². The van der Waals surface area contributed by atoms with Gasteiger partial charge in [-0.05, 0) is 38.5 Å². The van der Waals surface area contributed by atoms with E-state index in [1.165, 1.54) is 0 Å². The van der Waals surface area contributed by atoms with Crippen molar-refractivity contribution in [2.75, 3.05) is 0 Å². The van der Waals surface area contributed by atoms with Gasteiger partial charge in [0.05, 0.1) is 17.1 Å². The van der Waals surface area contributed by atoms with Crippen molar-refractivity contribution < 1.29 is 5.11 Å². The fraction of sp³-hybridized carbons (Fsp3) is 0.462. The first kappa shape index (κ1) is 13.0. The van der Waals surface area contributed by atoms with E-state index in [0.717, 1.165) is 5.56 Å². The molecule has 1 rings (SSSR count). The van der Waals surface area contributed by atoms with Crippen molar-refractivity contribution in [1.82, 2.24) is 0 Å². The van der Waals surface area contributed by atoms with Crippen LogP contribution in [0.3, 0.4) is 0 Å². The largest absolute Gasteiger partial charge is 0.388 e. The van der Waals surface area contributed by atoms with Gasteiger partial charge in [0, 0.05) is 11.4 Å². The second kappa shape index (κ2) is 4.45. The molecule has 0 aliphatic heterocycles. The summed E-state index contributed by atoms with van der Waals surface area (Å²) < 4.78 is 0. The molecule has 0 bridgehead atoms. The number of hydrogen-bond acceptors (Lipinski definition) is 2. The fourth-order valence-corrected chi connectivity index (χ4v) is 1.47. The molecule has 1 aromatic rings. The van der Waals surface area contributed by atoms with Gasteiger partial charge in [0.25, 0.3) is 0 Å². The zero-order valence-electron chi connectivity index (χ0n) is 9.79. The molecule has 1 N–H and O–H groups in total. The molecule has 2 nitrogen and oxygen atoms in total. The predicted molar refractivity (Wildman–Crippen MR) is 65.2 cm³/mol. The highest BCUT2D eigenvalue weighted by atomic mass is 35.5. The molecule has 3 heteroatoms. The molecule has 1 aromatic carbocycles. The van der Waals surface area contributed by atoms with E-state index in [2.05, 4.69) is 6.07 Å². The average molecular weight is 238 g/mol. The van der Waals surface area contributed by atoms with Crippen molar-refractivity contribution in [3.05, 3.63) is 34.9 Å². The molecule has 0 fully saturated rings. The molecular formula is C13H16ClNO. The van der Waals surface area contributed by atoms with Gasteiger partial charge in [-0.3, -0.25) is 0 Å². The number of nitriles is 1. The summed E-state index contributed by atoms with van der Waals surface area (Å²) >= 11 is 5.79. The summed E-state index contributed by atoms with van der Waals surface area (Å²) in [6.45, 7) is 5.16. The van der Waals surface area contributed by atoms with Crippen LogP contribution in [0, 0.1) is 16.7 Å². The standard InChI is InChI=1S/C13H16ClNO/c1-12(2,9-15)13(3,16)8-10-4-6-11(14)7-5-10/h4-7,16H,8H2,1-3H3. The van der Waals surface area contributed by atoms with Crippen molar-refractivity contribution in [3.8, 4) is 6.07 Å². The van der Waals surface area contributed by atoms with E-state index >= 15 is 0 Å². The minimum absolute atomic E-state index is 0.435. The van der Waals surface area contributed by atoms with Gasteiger partial charge in [-0.15, -0.1) is 0 Å². The molecule has 0 radical (unpaired) electrons. The summed E-state index contributed by atoms with van der Waals surface area (Å²) in [7, 11) is 0. The third-order valence-corrected chi connectivity index (χ3v) is 3.34. The van der Waals surface area contributed by atoms with Gasteiger partial charge >= 0.3 is 0 Å². The molecule has 0 aromatic heterocycles. The first-order valence-corrected chi connectivity index (χ1v) is 5.54. The van der Waals surface area contributed by atoms with Gasteiger partial charge in [0.15, 0.2) is 0 Å². The van der Waals surface area contributed by atoms with Gasteiger partial charge in [-0.25, -0.2) is 0 Å². The molecule has 0 spiro atoms. The first-order valence-electron chi connectivity index (χ1n) is 5.16. The normalized spacial score (nSPS) is 15.2. The number of hydrogen-bond donors (Lipinski definition) is 1. The zero-order valence-corrected chi connectivity index (χ0v) is 10.5. The molecule has 16 heavy (non-hydrogen) atoms. The predicted octanol–water partition coefficient (Wildman–Crippen LogP) is 3.18. The lowest BCUT2D eigenvalue weighted by atomic mass is 9.74. The molecule has 0 aliphatic rings. The fourth-order valence-electron chi connectivity index (χ4n) is 1.34. The minimum atomic E-state index is -1.06. The van der Waals surface area contributed by atoms with E-state index in [4.69, 9.17) is 16.9 Å². The van der Waals surface area contributed by atoms with Crippen LogP contribution in [-0.4, -0.2) is 10.7 Å². The Morgan fingerprint density at radius 3 is 2.19 bits per heavy atom. The summed E-state index contributed by atoms with van der Waals surface area (Å²) in [6.07, 6.45) is 0.435.